The summed E-state index contributed by atoms with van der Waals surface area (Å²) in [6.07, 6.45) is 1.05. The third-order valence-electron chi connectivity index (χ3n) is 2.72. The van der Waals surface area contributed by atoms with E-state index < -0.39 is 0 Å². The molecule has 0 unspecified atom stereocenters. The third kappa shape index (κ3) is 1.85. The average Bonchev–Trinajstić information content (AvgIpc) is 2.54. The molecule has 84 valence electrons. The van der Waals surface area contributed by atoms with Crippen LogP contribution >= 0.6 is 15.9 Å². The number of nitrogen functional groups attached to an aromatic ring is 1. The number of anilines is 1. The predicted molar refractivity (Wildman–Crippen MR) is 70.1 cm³/mol. The van der Waals surface area contributed by atoms with Crippen molar-refractivity contribution in [2.24, 2.45) is 7.05 Å². The number of nitrogens with two attached hydrogens (primary N) is 1. The first-order valence-electron chi connectivity index (χ1n) is 5.20. The van der Waals surface area contributed by atoms with Crippen molar-refractivity contribution in [1.82, 2.24) is 9.55 Å². The van der Waals surface area contributed by atoms with Crippen molar-refractivity contribution in [2.45, 2.75) is 13.3 Å². The van der Waals surface area contributed by atoms with E-state index in [-0.39, 0.29) is 0 Å². The van der Waals surface area contributed by atoms with Crippen molar-refractivity contribution in [2.75, 3.05) is 5.73 Å². The molecule has 0 spiro atoms. The molecule has 0 aliphatic carbocycles. The maximum absolute atomic E-state index is 5.76. The Balaban J connectivity index is 2.50. The molecular weight excluding hydrogens is 266 g/mol. The van der Waals surface area contributed by atoms with Gasteiger partial charge < -0.3 is 10.3 Å². The van der Waals surface area contributed by atoms with Crippen LogP contribution in [0.2, 0.25) is 0 Å². The lowest BCUT2D eigenvalue weighted by atomic mass is 10.1. The molecule has 2 rings (SSSR count). The Kier molecular flexibility index (Phi) is 3.01. The molecule has 0 bridgehead atoms. The zero-order chi connectivity index (χ0) is 11.7. The minimum Gasteiger partial charge on any atom is -0.369 e. The maximum Gasteiger partial charge on any atom is 0.201 e. The number of hydrogen-bond acceptors (Lipinski definition) is 2. The van der Waals surface area contributed by atoms with Crippen molar-refractivity contribution in [3.63, 3.8) is 0 Å². The van der Waals surface area contributed by atoms with Crippen LogP contribution in [0, 0.1) is 0 Å². The summed E-state index contributed by atoms with van der Waals surface area (Å²) in [5, 5.41) is 0. The Labute approximate surface area is 103 Å². The van der Waals surface area contributed by atoms with Crippen LogP contribution in [-0.2, 0) is 13.5 Å². The van der Waals surface area contributed by atoms with Crippen LogP contribution in [-0.4, -0.2) is 9.55 Å². The third-order valence-corrected chi connectivity index (χ3v) is 3.28. The van der Waals surface area contributed by atoms with Gasteiger partial charge in [-0.3, -0.25) is 0 Å². The van der Waals surface area contributed by atoms with Gasteiger partial charge in [0.2, 0.25) is 5.95 Å². The summed E-state index contributed by atoms with van der Waals surface area (Å²) in [4.78, 5) is 4.19. The van der Waals surface area contributed by atoms with E-state index in [1.54, 1.807) is 0 Å². The van der Waals surface area contributed by atoms with Gasteiger partial charge in [0.25, 0.3) is 0 Å². The highest BCUT2D eigenvalue weighted by Gasteiger charge is 2.12. The van der Waals surface area contributed by atoms with Crippen LogP contribution in [0.3, 0.4) is 0 Å². The summed E-state index contributed by atoms with van der Waals surface area (Å²) in [6, 6.07) is 8.45. The van der Waals surface area contributed by atoms with Crippen molar-refractivity contribution in [3.8, 4) is 11.3 Å². The lowest BCUT2D eigenvalue weighted by Crippen LogP contribution is -1.98. The molecule has 1 heterocycles. The van der Waals surface area contributed by atoms with Gasteiger partial charge in [0.15, 0.2) is 0 Å². The topological polar surface area (TPSA) is 43.8 Å². The summed E-state index contributed by atoms with van der Waals surface area (Å²) >= 11 is 3.43. The number of rotatable bonds is 2. The van der Waals surface area contributed by atoms with E-state index in [1.807, 2.05) is 11.6 Å². The van der Waals surface area contributed by atoms with Crippen molar-refractivity contribution in [3.05, 3.63) is 34.4 Å². The fourth-order valence-corrected chi connectivity index (χ4v) is 2.37. The molecule has 4 heteroatoms. The van der Waals surface area contributed by atoms with Gasteiger partial charge in [0.05, 0.1) is 5.69 Å². The fourth-order valence-electron chi connectivity index (χ4n) is 1.69. The molecule has 0 saturated heterocycles. The van der Waals surface area contributed by atoms with Gasteiger partial charge in [-0.15, -0.1) is 0 Å². The molecule has 3 nitrogen and oxygen atoms in total. The maximum atomic E-state index is 5.76. The molecule has 2 aromatic rings. The Bertz CT molecular complexity index is 500. The smallest absolute Gasteiger partial charge is 0.201 e. The van der Waals surface area contributed by atoms with Gasteiger partial charge in [-0.1, -0.05) is 31.2 Å². The molecule has 1 aromatic heterocycles. The van der Waals surface area contributed by atoms with Crippen LogP contribution in [0.4, 0.5) is 5.95 Å². The van der Waals surface area contributed by atoms with E-state index in [2.05, 4.69) is 52.1 Å². The van der Waals surface area contributed by atoms with E-state index in [9.17, 15) is 0 Å². The minimum atomic E-state index is 0.515. The first-order valence-corrected chi connectivity index (χ1v) is 5.99. The van der Waals surface area contributed by atoms with Crippen molar-refractivity contribution < 1.29 is 0 Å². The summed E-state index contributed by atoms with van der Waals surface area (Å²) < 4.78 is 2.67. The van der Waals surface area contributed by atoms with Crippen LogP contribution in [0.15, 0.2) is 28.9 Å². The van der Waals surface area contributed by atoms with Crippen LogP contribution in [0.25, 0.3) is 11.3 Å². The molecule has 0 fully saturated rings. The molecule has 0 radical (unpaired) electrons. The minimum absolute atomic E-state index is 0.515. The zero-order valence-corrected chi connectivity index (χ0v) is 11.0. The molecule has 0 aliphatic heterocycles. The summed E-state index contributed by atoms with van der Waals surface area (Å²) in [6.45, 7) is 2.15. The van der Waals surface area contributed by atoms with Crippen LogP contribution in [0.5, 0.6) is 0 Å². The molecule has 2 N–H and O–H groups in total. The van der Waals surface area contributed by atoms with Gasteiger partial charge in [-0.25, -0.2) is 4.98 Å². The SMILES string of the molecule is CCc1ccc(-c2c(Br)nc(N)n2C)cc1. The molecule has 0 amide bonds. The summed E-state index contributed by atoms with van der Waals surface area (Å²) in [5.74, 6) is 0.515. The van der Waals surface area contributed by atoms with Crippen LogP contribution in [0.1, 0.15) is 12.5 Å². The van der Waals surface area contributed by atoms with E-state index in [4.69, 9.17) is 5.73 Å². The Morgan fingerprint density at radius 1 is 1.31 bits per heavy atom. The number of benzene rings is 1. The molecular formula is C12H14BrN3. The second-order valence-electron chi connectivity index (χ2n) is 3.72. The molecule has 0 atom stereocenters. The molecule has 0 saturated carbocycles. The molecule has 16 heavy (non-hydrogen) atoms. The van der Waals surface area contributed by atoms with Gasteiger partial charge in [0.1, 0.15) is 4.60 Å². The lowest BCUT2D eigenvalue weighted by Gasteiger charge is -2.05. The average molecular weight is 280 g/mol. The van der Waals surface area contributed by atoms with E-state index in [0.29, 0.717) is 5.95 Å². The monoisotopic (exact) mass is 279 g/mol. The highest BCUT2D eigenvalue weighted by Crippen LogP contribution is 2.29. The van der Waals surface area contributed by atoms with E-state index in [1.165, 1.54) is 5.56 Å². The highest BCUT2D eigenvalue weighted by atomic mass is 79.9. The van der Waals surface area contributed by atoms with E-state index >= 15 is 0 Å². The van der Waals surface area contributed by atoms with Crippen LogP contribution < -0.4 is 5.73 Å². The second-order valence-corrected chi connectivity index (χ2v) is 4.47. The fraction of sp³-hybridized carbons (Fsp3) is 0.250. The number of hydrogen-bond donors (Lipinski definition) is 1. The van der Waals surface area contributed by atoms with Crippen molar-refractivity contribution in [1.29, 1.82) is 0 Å². The van der Waals surface area contributed by atoms with Gasteiger partial charge in [-0.05, 0) is 27.9 Å². The number of aromatic nitrogens is 2. The van der Waals surface area contributed by atoms with Gasteiger partial charge >= 0.3 is 0 Å². The number of imidazole rings is 1. The normalized spacial score (nSPS) is 10.7. The summed E-state index contributed by atoms with van der Waals surface area (Å²) in [5.41, 5.74) is 9.22. The molecule has 0 aliphatic rings. The summed E-state index contributed by atoms with van der Waals surface area (Å²) in [7, 11) is 1.91. The second kappa shape index (κ2) is 4.29. The Morgan fingerprint density at radius 2 is 1.94 bits per heavy atom. The first kappa shape index (κ1) is 11.2. The lowest BCUT2D eigenvalue weighted by molar-refractivity contribution is 0.938. The zero-order valence-electron chi connectivity index (χ0n) is 9.37. The van der Waals surface area contributed by atoms with Gasteiger partial charge in [-0.2, -0.15) is 0 Å². The van der Waals surface area contributed by atoms with E-state index in [0.717, 1.165) is 22.3 Å². The quantitative estimate of drug-likeness (QED) is 0.919. The molecule has 1 aromatic carbocycles. The first-order chi connectivity index (χ1) is 7.63. The number of halogens is 1. The Morgan fingerprint density at radius 3 is 2.38 bits per heavy atom. The standard InChI is InChI=1S/C12H14BrN3/c1-3-8-4-6-9(7-5-8)10-11(13)15-12(14)16(10)2/h4-7H,3H2,1-2H3,(H2,14,15). The Hall–Kier alpha value is -1.29. The predicted octanol–water partition coefficient (Wildman–Crippen LogP) is 2.99. The van der Waals surface area contributed by atoms with Gasteiger partial charge in [0, 0.05) is 12.6 Å². The van der Waals surface area contributed by atoms with Crippen molar-refractivity contribution >= 4 is 21.9 Å². The largest absolute Gasteiger partial charge is 0.369 e. The number of nitrogens with zero attached hydrogens (tertiary/aromatic N) is 2. The number of aryl methyl sites for hydroxylation is 1. The highest BCUT2D eigenvalue weighted by molar-refractivity contribution is 9.10.